The minimum absolute atomic E-state index is 0.240. The van der Waals surface area contributed by atoms with E-state index in [1.54, 1.807) is 13.0 Å². The molecule has 4 nitrogen and oxygen atoms in total. The Bertz CT molecular complexity index is 676. The second kappa shape index (κ2) is 4.44. The molecule has 0 radical (unpaired) electrons. The number of benzene rings is 1. The maximum absolute atomic E-state index is 13.6. The molecule has 0 fully saturated rings. The van der Waals surface area contributed by atoms with Gasteiger partial charge in [-0.05, 0) is 30.7 Å². The van der Waals surface area contributed by atoms with Crippen LogP contribution in [0.3, 0.4) is 0 Å². The number of hydrogen-bond acceptors (Lipinski definition) is 2. The third-order valence-corrected chi connectivity index (χ3v) is 2.61. The van der Waals surface area contributed by atoms with Gasteiger partial charge in [0.1, 0.15) is 11.4 Å². The summed E-state index contributed by atoms with van der Waals surface area (Å²) in [6.45, 7) is 1.62. The number of rotatable bonds is 2. The Balaban J connectivity index is 2.68. The Morgan fingerprint density at radius 1 is 1.33 bits per heavy atom. The maximum atomic E-state index is 13.6. The molecule has 1 aromatic heterocycles. The Hall–Kier alpha value is -2.43. The number of pyridine rings is 1. The van der Waals surface area contributed by atoms with Crippen LogP contribution in [-0.2, 0) is 0 Å². The van der Waals surface area contributed by atoms with Crippen molar-refractivity contribution in [1.82, 2.24) is 4.98 Å². The number of aryl methyl sites for hydroxylation is 1. The topological polar surface area (TPSA) is 70.2 Å². The van der Waals surface area contributed by atoms with Gasteiger partial charge in [0.05, 0.1) is 5.69 Å². The Labute approximate surface area is 102 Å². The van der Waals surface area contributed by atoms with Crippen LogP contribution in [0.5, 0.6) is 0 Å². The van der Waals surface area contributed by atoms with Crippen molar-refractivity contribution in [3.05, 3.63) is 57.6 Å². The van der Waals surface area contributed by atoms with Crippen LogP contribution in [0.25, 0.3) is 11.3 Å². The number of carboxylic acids is 1. The van der Waals surface area contributed by atoms with E-state index in [9.17, 15) is 14.0 Å². The number of hydrogen-bond donors (Lipinski definition) is 2. The quantitative estimate of drug-likeness (QED) is 0.854. The fourth-order valence-corrected chi connectivity index (χ4v) is 1.74. The van der Waals surface area contributed by atoms with Gasteiger partial charge in [0.25, 0.3) is 5.56 Å². The largest absolute Gasteiger partial charge is 0.477 e. The average Bonchev–Trinajstić information content (AvgIpc) is 2.32. The SMILES string of the molecule is Cc1cc(C(=O)O)c(=O)[nH]c1-c1ccccc1F. The third kappa shape index (κ3) is 2.02. The highest BCUT2D eigenvalue weighted by Crippen LogP contribution is 2.22. The second-order valence-corrected chi connectivity index (χ2v) is 3.86. The van der Waals surface area contributed by atoms with Crippen LogP contribution in [0, 0.1) is 12.7 Å². The summed E-state index contributed by atoms with van der Waals surface area (Å²) in [4.78, 5) is 24.8. The van der Waals surface area contributed by atoms with Crippen LogP contribution in [0.15, 0.2) is 35.1 Å². The molecule has 5 heteroatoms. The van der Waals surface area contributed by atoms with Gasteiger partial charge in [0.15, 0.2) is 0 Å². The number of aromatic nitrogens is 1. The molecule has 0 aliphatic heterocycles. The standard InChI is InChI=1S/C13H10FNO3/c1-7-6-9(13(17)18)12(16)15-11(7)8-4-2-3-5-10(8)14/h2-6H,1H3,(H,15,16)(H,17,18). The lowest BCUT2D eigenvalue weighted by atomic mass is 10.0. The molecule has 0 amide bonds. The van der Waals surface area contributed by atoms with E-state index in [1.807, 2.05) is 0 Å². The van der Waals surface area contributed by atoms with Crippen molar-refractivity contribution < 1.29 is 14.3 Å². The van der Waals surface area contributed by atoms with Crippen molar-refractivity contribution in [2.75, 3.05) is 0 Å². The summed E-state index contributed by atoms with van der Waals surface area (Å²) in [6, 6.07) is 7.22. The van der Waals surface area contributed by atoms with E-state index in [0.29, 0.717) is 11.3 Å². The summed E-state index contributed by atoms with van der Waals surface area (Å²) < 4.78 is 13.6. The molecule has 1 aromatic carbocycles. The summed E-state index contributed by atoms with van der Waals surface area (Å²) in [5.41, 5.74) is -0.0665. The average molecular weight is 247 g/mol. The van der Waals surface area contributed by atoms with Crippen molar-refractivity contribution in [3.8, 4) is 11.3 Å². The van der Waals surface area contributed by atoms with Crippen LogP contribution < -0.4 is 5.56 Å². The monoisotopic (exact) mass is 247 g/mol. The van der Waals surface area contributed by atoms with Gasteiger partial charge < -0.3 is 10.1 Å². The van der Waals surface area contributed by atoms with Gasteiger partial charge in [-0.15, -0.1) is 0 Å². The van der Waals surface area contributed by atoms with Crippen LogP contribution >= 0.6 is 0 Å². The molecule has 92 valence electrons. The van der Waals surface area contributed by atoms with Crippen molar-refractivity contribution in [3.63, 3.8) is 0 Å². The zero-order valence-corrected chi connectivity index (χ0v) is 9.53. The molecule has 1 heterocycles. The molecule has 2 N–H and O–H groups in total. The number of aromatic carboxylic acids is 1. The molecule has 0 spiro atoms. The number of carboxylic acid groups (broad SMARTS) is 1. The fourth-order valence-electron chi connectivity index (χ4n) is 1.74. The zero-order chi connectivity index (χ0) is 13.3. The van der Waals surface area contributed by atoms with Crippen LogP contribution in [0.1, 0.15) is 15.9 Å². The molecular weight excluding hydrogens is 237 g/mol. The van der Waals surface area contributed by atoms with Crippen molar-refractivity contribution in [1.29, 1.82) is 0 Å². The Morgan fingerprint density at radius 3 is 2.61 bits per heavy atom. The molecule has 18 heavy (non-hydrogen) atoms. The molecule has 0 aliphatic rings. The van der Waals surface area contributed by atoms with Gasteiger partial charge in [-0.3, -0.25) is 4.79 Å². The number of H-pyrrole nitrogens is 1. The lowest BCUT2D eigenvalue weighted by Gasteiger charge is -2.07. The number of nitrogens with one attached hydrogen (secondary N) is 1. The molecular formula is C13H10FNO3. The summed E-state index contributed by atoms with van der Waals surface area (Å²) in [7, 11) is 0. The highest BCUT2D eigenvalue weighted by Gasteiger charge is 2.14. The fraction of sp³-hybridized carbons (Fsp3) is 0.0769. The molecule has 0 aliphatic carbocycles. The predicted molar refractivity (Wildman–Crippen MR) is 64.2 cm³/mol. The zero-order valence-electron chi connectivity index (χ0n) is 9.53. The summed E-state index contributed by atoms with van der Waals surface area (Å²) in [6.07, 6.45) is 0. The maximum Gasteiger partial charge on any atom is 0.341 e. The van der Waals surface area contributed by atoms with Crippen LogP contribution in [-0.4, -0.2) is 16.1 Å². The summed E-state index contributed by atoms with van der Waals surface area (Å²) in [5, 5.41) is 8.81. The summed E-state index contributed by atoms with van der Waals surface area (Å²) >= 11 is 0. The van der Waals surface area contributed by atoms with Gasteiger partial charge >= 0.3 is 5.97 Å². The third-order valence-electron chi connectivity index (χ3n) is 2.61. The first-order chi connectivity index (χ1) is 8.50. The number of halogens is 1. The van der Waals surface area contributed by atoms with E-state index in [-0.39, 0.29) is 11.1 Å². The van der Waals surface area contributed by atoms with Gasteiger partial charge in [-0.25, -0.2) is 9.18 Å². The van der Waals surface area contributed by atoms with Crippen molar-refractivity contribution in [2.45, 2.75) is 6.92 Å². The van der Waals surface area contributed by atoms with Crippen LogP contribution in [0.2, 0.25) is 0 Å². The van der Waals surface area contributed by atoms with E-state index in [2.05, 4.69) is 4.98 Å². The molecule has 0 atom stereocenters. The lowest BCUT2D eigenvalue weighted by Crippen LogP contribution is -2.18. The molecule has 2 aromatic rings. The van der Waals surface area contributed by atoms with Crippen molar-refractivity contribution in [2.24, 2.45) is 0 Å². The van der Waals surface area contributed by atoms with Crippen LogP contribution in [0.4, 0.5) is 4.39 Å². The van der Waals surface area contributed by atoms with E-state index in [4.69, 9.17) is 5.11 Å². The molecule has 0 saturated heterocycles. The minimum atomic E-state index is -1.31. The summed E-state index contributed by atoms with van der Waals surface area (Å²) in [5.74, 6) is -1.78. The highest BCUT2D eigenvalue weighted by atomic mass is 19.1. The Kier molecular flexibility index (Phi) is 2.97. The molecule has 0 saturated carbocycles. The normalized spacial score (nSPS) is 10.3. The van der Waals surface area contributed by atoms with E-state index < -0.39 is 17.3 Å². The van der Waals surface area contributed by atoms with Gasteiger partial charge in [-0.1, -0.05) is 12.1 Å². The second-order valence-electron chi connectivity index (χ2n) is 3.86. The predicted octanol–water partition coefficient (Wildman–Crippen LogP) is 2.19. The van der Waals surface area contributed by atoms with E-state index in [1.165, 1.54) is 24.3 Å². The van der Waals surface area contributed by atoms with Gasteiger partial charge in [-0.2, -0.15) is 0 Å². The first-order valence-electron chi connectivity index (χ1n) is 5.23. The molecule has 2 rings (SSSR count). The van der Waals surface area contributed by atoms with E-state index in [0.717, 1.165) is 0 Å². The Morgan fingerprint density at radius 2 is 2.00 bits per heavy atom. The first kappa shape index (κ1) is 12.0. The van der Waals surface area contributed by atoms with Gasteiger partial charge in [0, 0.05) is 5.56 Å². The molecule has 0 unspecified atom stereocenters. The van der Waals surface area contributed by atoms with Gasteiger partial charge in [0.2, 0.25) is 0 Å². The smallest absolute Gasteiger partial charge is 0.341 e. The lowest BCUT2D eigenvalue weighted by molar-refractivity contribution is 0.0695. The number of aromatic amines is 1. The van der Waals surface area contributed by atoms with E-state index >= 15 is 0 Å². The number of carbonyl (C=O) groups is 1. The minimum Gasteiger partial charge on any atom is -0.477 e. The molecule has 0 bridgehead atoms. The highest BCUT2D eigenvalue weighted by molar-refractivity contribution is 5.88. The first-order valence-corrected chi connectivity index (χ1v) is 5.23. The van der Waals surface area contributed by atoms with Crippen molar-refractivity contribution >= 4 is 5.97 Å².